The first-order valence-corrected chi connectivity index (χ1v) is 10.7. The van der Waals surface area contributed by atoms with Crippen LogP contribution in [0.25, 0.3) is 0 Å². The van der Waals surface area contributed by atoms with E-state index in [0.717, 1.165) is 5.56 Å². The molecule has 1 amide bonds. The number of benzene rings is 2. The van der Waals surface area contributed by atoms with E-state index in [0.29, 0.717) is 16.0 Å². The molecule has 1 N–H and O–H groups in total. The van der Waals surface area contributed by atoms with Crippen molar-refractivity contribution in [2.24, 2.45) is 0 Å². The molecule has 9 heteroatoms. The van der Waals surface area contributed by atoms with Crippen LogP contribution in [0.3, 0.4) is 0 Å². The van der Waals surface area contributed by atoms with Gasteiger partial charge in [-0.25, -0.2) is 13.1 Å². The molecule has 2 rings (SSSR count). The zero-order valence-electron chi connectivity index (χ0n) is 14.9. The van der Waals surface area contributed by atoms with E-state index in [9.17, 15) is 13.2 Å². The number of rotatable bonds is 8. The van der Waals surface area contributed by atoms with Crippen molar-refractivity contribution in [3.05, 3.63) is 63.1 Å². The molecule has 0 unspecified atom stereocenters. The maximum atomic E-state index is 12.8. The second-order valence-electron chi connectivity index (χ2n) is 5.82. The summed E-state index contributed by atoms with van der Waals surface area (Å²) < 4.78 is 32.5. The number of carbonyl (C=O) groups is 1. The van der Waals surface area contributed by atoms with E-state index < -0.39 is 10.0 Å². The van der Waals surface area contributed by atoms with Gasteiger partial charge in [-0.2, -0.15) is 0 Å². The van der Waals surface area contributed by atoms with Gasteiger partial charge in [0.2, 0.25) is 10.0 Å². The minimum atomic E-state index is -3.73. The SMILES string of the molecule is COCCNS(=O)(=O)c1ccc(Br)c(C(=O)N(C)Cc2cccc(Cl)c2)c1. The highest BCUT2D eigenvalue weighted by Gasteiger charge is 2.20. The van der Waals surface area contributed by atoms with Crippen molar-refractivity contribution in [2.45, 2.75) is 11.4 Å². The van der Waals surface area contributed by atoms with Gasteiger partial charge in [0.25, 0.3) is 5.91 Å². The van der Waals surface area contributed by atoms with E-state index in [1.165, 1.54) is 24.1 Å². The standard InChI is InChI=1S/C18H20BrClN2O4S/c1-22(12-13-4-3-5-14(20)10-13)18(23)16-11-15(6-7-17(16)19)27(24,25)21-8-9-26-2/h3-7,10-11,21H,8-9,12H2,1-2H3. The molecule has 6 nitrogen and oxygen atoms in total. The average molecular weight is 476 g/mol. The minimum absolute atomic E-state index is 0.0151. The summed E-state index contributed by atoms with van der Waals surface area (Å²) in [4.78, 5) is 14.3. The molecule has 0 spiro atoms. The molecule has 0 saturated heterocycles. The molecule has 0 aliphatic carbocycles. The van der Waals surface area contributed by atoms with Crippen LogP contribution in [0.1, 0.15) is 15.9 Å². The van der Waals surface area contributed by atoms with Crippen LogP contribution >= 0.6 is 27.5 Å². The number of ether oxygens (including phenoxy) is 1. The third kappa shape index (κ3) is 6.02. The van der Waals surface area contributed by atoms with Gasteiger partial charge in [-0.15, -0.1) is 0 Å². The van der Waals surface area contributed by atoms with Gasteiger partial charge in [-0.1, -0.05) is 23.7 Å². The molecule has 0 aromatic heterocycles. The Morgan fingerprint density at radius 1 is 1.26 bits per heavy atom. The largest absolute Gasteiger partial charge is 0.383 e. The molecule has 0 aliphatic heterocycles. The number of nitrogens with one attached hydrogen (secondary N) is 1. The van der Waals surface area contributed by atoms with Crippen molar-refractivity contribution in [1.82, 2.24) is 9.62 Å². The Kier molecular flexibility index (Phi) is 7.81. The summed E-state index contributed by atoms with van der Waals surface area (Å²) in [7, 11) is -0.601. The van der Waals surface area contributed by atoms with E-state index in [2.05, 4.69) is 20.7 Å². The number of sulfonamides is 1. The van der Waals surface area contributed by atoms with E-state index in [1.807, 2.05) is 12.1 Å². The summed E-state index contributed by atoms with van der Waals surface area (Å²) >= 11 is 9.30. The lowest BCUT2D eigenvalue weighted by atomic mass is 10.1. The lowest BCUT2D eigenvalue weighted by molar-refractivity contribution is 0.0784. The summed E-state index contributed by atoms with van der Waals surface area (Å²) in [6.07, 6.45) is 0. The van der Waals surface area contributed by atoms with Crippen molar-refractivity contribution < 1.29 is 17.9 Å². The Labute approximate surface area is 172 Å². The quantitative estimate of drug-likeness (QED) is 0.595. The summed E-state index contributed by atoms with van der Waals surface area (Å²) in [6, 6.07) is 11.6. The Morgan fingerprint density at radius 3 is 2.67 bits per heavy atom. The molecule has 0 saturated carbocycles. The Balaban J connectivity index is 2.22. The fraction of sp³-hybridized carbons (Fsp3) is 0.278. The van der Waals surface area contributed by atoms with Gasteiger partial charge in [0, 0.05) is 36.7 Å². The van der Waals surface area contributed by atoms with Crippen LogP contribution in [0.2, 0.25) is 5.02 Å². The first kappa shape index (κ1) is 21.8. The molecular weight excluding hydrogens is 456 g/mol. The summed E-state index contributed by atoms with van der Waals surface area (Å²) in [5.74, 6) is -0.309. The second kappa shape index (κ2) is 9.66. The third-order valence-electron chi connectivity index (χ3n) is 3.73. The molecule has 27 heavy (non-hydrogen) atoms. The summed E-state index contributed by atoms with van der Waals surface area (Å²) in [5.41, 5.74) is 1.13. The van der Waals surface area contributed by atoms with Crippen LogP contribution in [0, 0.1) is 0 Å². The second-order valence-corrected chi connectivity index (χ2v) is 8.88. The van der Waals surface area contributed by atoms with Gasteiger partial charge in [0.15, 0.2) is 0 Å². The maximum Gasteiger partial charge on any atom is 0.255 e. The van der Waals surface area contributed by atoms with Crippen LogP contribution in [-0.4, -0.2) is 46.5 Å². The smallest absolute Gasteiger partial charge is 0.255 e. The zero-order chi connectivity index (χ0) is 20.0. The molecule has 0 atom stereocenters. The van der Waals surface area contributed by atoms with Crippen molar-refractivity contribution in [2.75, 3.05) is 27.3 Å². The van der Waals surface area contributed by atoms with Gasteiger partial charge in [-0.3, -0.25) is 4.79 Å². The van der Waals surface area contributed by atoms with E-state index >= 15 is 0 Å². The molecule has 0 bridgehead atoms. The highest BCUT2D eigenvalue weighted by atomic mass is 79.9. The number of nitrogens with zero attached hydrogens (tertiary/aromatic N) is 1. The Morgan fingerprint density at radius 2 is 2.00 bits per heavy atom. The molecule has 0 radical (unpaired) electrons. The van der Waals surface area contributed by atoms with Crippen LogP contribution in [0.15, 0.2) is 51.8 Å². The third-order valence-corrected chi connectivity index (χ3v) is 6.12. The van der Waals surface area contributed by atoms with Gasteiger partial charge < -0.3 is 9.64 Å². The number of methoxy groups -OCH3 is 1. The highest BCUT2D eigenvalue weighted by Crippen LogP contribution is 2.23. The molecule has 0 heterocycles. The number of hydrogen-bond donors (Lipinski definition) is 1. The lowest BCUT2D eigenvalue weighted by Crippen LogP contribution is -2.29. The molecule has 0 fully saturated rings. The Bertz CT molecular complexity index is 921. The fourth-order valence-electron chi connectivity index (χ4n) is 2.38. The fourth-order valence-corrected chi connectivity index (χ4v) is 4.05. The van der Waals surface area contributed by atoms with Crippen molar-refractivity contribution in [3.8, 4) is 0 Å². The first-order chi connectivity index (χ1) is 12.7. The number of amides is 1. The normalized spacial score (nSPS) is 11.4. The minimum Gasteiger partial charge on any atom is -0.383 e. The summed E-state index contributed by atoms with van der Waals surface area (Å²) in [5, 5.41) is 0.588. The van der Waals surface area contributed by atoms with Crippen LogP contribution < -0.4 is 4.72 Å². The van der Waals surface area contributed by atoms with Crippen LogP contribution in [-0.2, 0) is 21.3 Å². The van der Waals surface area contributed by atoms with Gasteiger partial charge >= 0.3 is 0 Å². The molecule has 2 aromatic carbocycles. The Hall–Kier alpha value is -1.45. The first-order valence-electron chi connectivity index (χ1n) is 8.02. The van der Waals surface area contributed by atoms with E-state index in [4.69, 9.17) is 16.3 Å². The maximum absolute atomic E-state index is 12.8. The molecular formula is C18H20BrClN2O4S. The summed E-state index contributed by atoms with van der Waals surface area (Å²) in [6.45, 7) is 0.742. The molecule has 2 aromatic rings. The predicted molar refractivity (Wildman–Crippen MR) is 108 cm³/mol. The number of halogens is 2. The zero-order valence-corrected chi connectivity index (χ0v) is 18.1. The van der Waals surface area contributed by atoms with Gasteiger partial charge in [0.05, 0.1) is 17.1 Å². The number of carbonyl (C=O) groups excluding carboxylic acids is 1. The lowest BCUT2D eigenvalue weighted by Gasteiger charge is -2.19. The van der Waals surface area contributed by atoms with Crippen molar-refractivity contribution in [1.29, 1.82) is 0 Å². The molecule has 146 valence electrons. The number of hydrogen-bond acceptors (Lipinski definition) is 4. The monoisotopic (exact) mass is 474 g/mol. The predicted octanol–water partition coefficient (Wildman–Crippen LogP) is 3.30. The molecule has 0 aliphatic rings. The van der Waals surface area contributed by atoms with E-state index in [1.54, 1.807) is 25.2 Å². The topological polar surface area (TPSA) is 75.7 Å². The van der Waals surface area contributed by atoms with E-state index in [-0.39, 0.29) is 29.5 Å². The van der Waals surface area contributed by atoms with Crippen molar-refractivity contribution >= 4 is 43.5 Å². The average Bonchev–Trinajstić information content (AvgIpc) is 2.61. The van der Waals surface area contributed by atoms with Crippen LogP contribution in [0.4, 0.5) is 0 Å². The van der Waals surface area contributed by atoms with Gasteiger partial charge in [-0.05, 0) is 51.8 Å². The van der Waals surface area contributed by atoms with Crippen LogP contribution in [0.5, 0.6) is 0 Å². The van der Waals surface area contributed by atoms with Crippen molar-refractivity contribution in [3.63, 3.8) is 0 Å². The van der Waals surface area contributed by atoms with Gasteiger partial charge in [0.1, 0.15) is 0 Å². The highest BCUT2D eigenvalue weighted by molar-refractivity contribution is 9.10.